The molecule has 1 aliphatic carbocycles. The third kappa shape index (κ3) is 3.57. The Morgan fingerprint density at radius 3 is 2.18 bits per heavy atom. The van der Waals surface area contributed by atoms with Gasteiger partial charge in [-0.3, -0.25) is 0 Å². The smallest absolute Gasteiger partial charge is 0.245 e. The highest BCUT2D eigenvalue weighted by atomic mass is 16.5. The molecule has 0 aromatic carbocycles. The number of ether oxygens (including phenoxy) is 1. The largest absolute Gasteiger partial charge is 0.375 e. The van der Waals surface area contributed by atoms with Gasteiger partial charge in [0.1, 0.15) is 0 Å². The highest BCUT2D eigenvalue weighted by Crippen LogP contribution is 2.26. The van der Waals surface area contributed by atoms with Crippen molar-refractivity contribution >= 4 is 5.95 Å². The van der Waals surface area contributed by atoms with Crippen LogP contribution in [0.1, 0.15) is 63.8 Å². The van der Waals surface area contributed by atoms with Crippen molar-refractivity contribution in [2.45, 2.75) is 77.4 Å². The lowest BCUT2D eigenvalue weighted by atomic mass is 10.1. The molecular formula is C17H28N4O. The van der Waals surface area contributed by atoms with Crippen molar-refractivity contribution in [1.29, 1.82) is 0 Å². The van der Waals surface area contributed by atoms with Crippen LogP contribution in [0.25, 0.3) is 0 Å². The van der Waals surface area contributed by atoms with E-state index in [9.17, 15) is 0 Å². The van der Waals surface area contributed by atoms with Gasteiger partial charge in [0.2, 0.25) is 5.95 Å². The van der Waals surface area contributed by atoms with Gasteiger partial charge in [0.05, 0.1) is 23.6 Å². The van der Waals surface area contributed by atoms with Crippen LogP contribution in [0.3, 0.4) is 0 Å². The van der Waals surface area contributed by atoms with E-state index in [1.54, 1.807) is 0 Å². The average molecular weight is 304 g/mol. The molecule has 1 aromatic rings. The molecule has 22 heavy (non-hydrogen) atoms. The minimum atomic E-state index is 0.424. The maximum atomic E-state index is 6.23. The Hall–Kier alpha value is -1.23. The molecule has 122 valence electrons. The first-order valence-electron chi connectivity index (χ1n) is 8.93. The van der Waals surface area contributed by atoms with E-state index < -0.39 is 0 Å². The number of anilines is 1. The molecule has 0 atom stereocenters. The number of nitrogens with zero attached hydrogens (tertiary/aromatic N) is 4. The Balaban J connectivity index is 1.56. The highest BCUT2D eigenvalue weighted by molar-refractivity contribution is 5.31. The molecule has 1 saturated heterocycles. The fourth-order valence-electron chi connectivity index (χ4n) is 3.55. The van der Waals surface area contributed by atoms with Crippen LogP contribution in [-0.4, -0.2) is 40.5 Å². The SMILES string of the molecule is CCc1nnc(N2CCC(OC3CCCC3)CC2)nc1CC. The molecule has 5 nitrogen and oxygen atoms in total. The third-order valence-electron chi connectivity index (χ3n) is 4.91. The standard InChI is InChI=1S/C17H28N4O/c1-3-15-16(4-2)19-20-17(18-15)21-11-9-14(10-12-21)22-13-7-5-6-8-13/h13-14H,3-12H2,1-2H3. The van der Waals surface area contributed by atoms with Crippen molar-refractivity contribution in [2.24, 2.45) is 0 Å². The minimum absolute atomic E-state index is 0.424. The van der Waals surface area contributed by atoms with Crippen LogP contribution in [0.5, 0.6) is 0 Å². The normalized spacial score (nSPS) is 20.7. The monoisotopic (exact) mass is 304 g/mol. The molecule has 3 rings (SSSR count). The molecular weight excluding hydrogens is 276 g/mol. The highest BCUT2D eigenvalue weighted by Gasteiger charge is 2.26. The summed E-state index contributed by atoms with van der Waals surface area (Å²) in [6.07, 6.45) is 10.1. The number of rotatable bonds is 5. The van der Waals surface area contributed by atoms with Crippen LogP contribution in [0.4, 0.5) is 5.95 Å². The fourth-order valence-corrected chi connectivity index (χ4v) is 3.55. The van der Waals surface area contributed by atoms with Crippen LogP contribution in [0.15, 0.2) is 0 Å². The average Bonchev–Trinajstić information content (AvgIpc) is 3.08. The van der Waals surface area contributed by atoms with Crippen LogP contribution < -0.4 is 4.90 Å². The minimum Gasteiger partial charge on any atom is -0.375 e. The van der Waals surface area contributed by atoms with Gasteiger partial charge in [0.15, 0.2) is 0 Å². The van der Waals surface area contributed by atoms with Crippen LogP contribution >= 0.6 is 0 Å². The lowest BCUT2D eigenvalue weighted by Crippen LogP contribution is -2.39. The molecule has 2 aliphatic rings. The Bertz CT molecular complexity index is 480. The Morgan fingerprint density at radius 2 is 1.55 bits per heavy atom. The topological polar surface area (TPSA) is 51.1 Å². The number of piperidine rings is 1. The number of aryl methyl sites for hydroxylation is 2. The molecule has 1 saturated carbocycles. The van der Waals surface area contributed by atoms with Crippen molar-refractivity contribution in [3.8, 4) is 0 Å². The second-order valence-electron chi connectivity index (χ2n) is 6.44. The zero-order chi connectivity index (χ0) is 15.4. The quantitative estimate of drug-likeness (QED) is 0.837. The van der Waals surface area contributed by atoms with E-state index in [0.717, 1.165) is 56.1 Å². The van der Waals surface area contributed by atoms with E-state index in [4.69, 9.17) is 9.72 Å². The van der Waals surface area contributed by atoms with Gasteiger partial charge in [-0.2, -0.15) is 5.10 Å². The lowest BCUT2D eigenvalue weighted by Gasteiger charge is -2.33. The molecule has 0 spiro atoms. The maximum Gasteiger partial charge on any atom is 0.245 e. The molecule has 1 aliphatic heterocycles. The van der Waals surface area contributed by atoms with Gasteiger partial charge in [-0.25, -0.2) is 4.98 Å². The molecule has 2 fully saturated rings. The summed E-state index contributed by atoms with van der Waals surface area (Å²) in [5.41, 5.74) is 2.13. The summed E-state index contributed by atoms with van der Waals surface area (Å²) < 4.78 is 6.23. The van der Waals surface area contributed by atoms with E-state index in [1.165, 1.54) is 25.7 Å². The zero-order valence-electron chi connectivity index (χ0n) is 13.9. The van der Waals surface area contributed by atoms with Crippen molar-refractivity contribution in [3.05, 3.63) is 11.4 Å². The summed E-state index contributed by atoms with van der Waals surface area (Å²) in [5.74, 6) is 0.799. The van der Waals surface area contributed by atoms with Gasteiger partial charge in [0.25, 0.3) is 0 Å². The van der Waals surface area contributed by atoms with Gasteiger partial charge in [-0.15, -0.1) is 5.10 Å². The zero-order valence-corrected chi connectivity index (χ0v) is 13.9. The van der Waals surface area contributed by atoms with Crippen LogP contribution in [-0.2, 0) is 17.6 Å². The van der Waals surface area contributed by atoms with Gasteiger partial charge in [-0.1, -0.05) is 26.7 Å². The summed E-state index contributed by atoms with van der Waals surface area (Å²) in [4.78, 5) is 6.99. The Kier molecular flexibility index (Phi) is 5.24. The van der Waals surface area contributed by atoms with Gasteiger partial charge >= 0.3 is 0 Å². The summed E-state index contributed by atoms with van der Waals surface area (Å²) >= 11 is 0. The van der Waals surface area contributed by atoms with Gasteiger partial charge < -0.3 is 9.64 Å². The molecule has 0 amide bonds. The predicted octanol–water partition coefficient (Wildman–Crippen LogP) is 2.92. The summed E-state index contributed by atoms with van der Waals surface area (Å²) in [6, 6.07) is 0. The molecule has 2 heterocycles. The second-order valence-corrected chi connectivity index (χ2v) is 6.44. The lowest BCUT2D eigenvalue weighted by molar-refractivity contribution is -0.0196. The maximum absolute atomic E-state index is 6.23. The second kappa shape index (κ2) is 7.36. The van der Waals surface area contributed by atoms with Gasteiger partial charge in [-0.05, 0) is 38.5 Å². The number of hydrogen-bond acceptors (Lipinski definition) is 5. The third-order valence-corrected chi connectivity index (χ3v) is 4.91. The summed E-state index contributed by atoms with van der Waals surface area (Å²) in [5, 5.41) is 8.69. The van der Waals surface area contributed by atoms with Crippen LogP contribution in [0, 0.1) is 0 Å². The Morgan fingerprint density at radius 1 is 0.909 bits per heavy atom. The van der Waals surface area contributed by atoms with Crippen molar-refractivity contribution in [1.82, 2.24) is 15.2 Å². The molecule has 0 unspecified atom stereocenters. The van der Waals surface area contributed by atoms with E-state index in [1.807, 2.05) is 0 Å². The van der Waals surface area contributed by atoms with E-state index >= 15 is 0 Å². The molecule has 0 N–H and O–H groups in total. The molecule has 5 heteroatoms. The van der Waals surface area contributed by atoms with E-state index in [-0.39, 0.29) is 0 Å². The Labute approximate surface area is 133 Å². The van der Waals surface area contributed by atoms with E-state index in [2.05, 4.69) is 28.9 Å². The molecule has 0 radical (unpaired) electrons. The summed E-state index contributed by atoms with van der Waals surface area (Å²) in [7, 11) is 0. The first-order chi connectivity index (χ1) is 10.8. The first kappa shape index (κ1) is 15.7. The predicted molar refractivity (Wildman–Crippen MR) is 87.2 cm³/mol. The first-order valence-corrected chi connectivity index (χ1v) is 8.93. The van der Waals surface area contributed by atoms with Crippen molar-refractivity contribution < 1.29 is 4.74 Å². The van der Waals surface area contributed by atoms with Crippen molar-refractivity contribution in [3.63, 3.8) is 0 Å². The number of aromatic nitrogens is 3. The van der Waals surface area contributed by atoms with Crippen LogP contribution in [0.2, 0.25) is 0 Å². The van der Waals surface area contributed by atoms with Gasteiger partial charge in [0, 0.05) is 13.1 Å². The number of hydrogen-bond donors (Lipinski definition) is 0. The fraction of sp³-hybridized carbons (Fsp3) is 0.824. The molecule has 0 bridgehead atoms. The van der Waals surface area contributed by atoms with E-state index in [0.29, 0.717) is 12.2 Å². The van der Waals surface area contributed by atoms with Crippen molar-refractivity contribution in [2.75, 3.05) is 18.0 Å². The summed E-state index contributed by atoms with van der Waals surface area (Å²) in [6.45, 7) is 6.20. The molecule has 1 aromatic heterocycles.